The molecule has 1 aliphatic rings. The highest BCUT2D eigenvalue weighted by Crippen LogP contribution is 2.46. The van der Waals surface area contributed by atoms with Crippen LogP contribution in [0.2, 0.25) is 0 Å². The number of nitrogens with zero attached hydrogens (tertiary/aromatic N) is 1. The highest BCUT2D eigenvalue weighted by molar-refractivity contribution is 7.97. The van der Waals surface area contributed by atoms with Gasteiger partial charge >= 0.3 is 0 Å². The van der Waals surface area contributed by atoms with E-state index < -0.39 is 0 Å². The van der Waals surface area contributed by atoms with Crippen LogP contribution >= 0.6 is 11.9 Å². The van der Waals surface area contributed by atoms with E-state index in [1.807, 2.05) is 6.07 Å². The first-order chi connectivity index (χ1) is 17.5. The number of hydrogen-bond acceptors (Lipinski definition) is 5. The van der Waals surface area contributed by atoms with Crippen LogP contribution in [0.3, 0.4) is 0 Å². The van der Waals surface area contributed by atoms with Gasteiger partial charge in [0.2, 0.25) is 0 Å². The van der Waals surface area contributed by atoms with Crippen molar-refractivity contribution in [2.45, 2.75) is 84.5 Å². The smallest absolute Gasteiger partial charge is 0.170 e. The van der Waals surface area contributed by atoms with Crippen LogP contribution in [0.1, 0.15) is 84.4 Å². The minimum Gasteiger partial charge on any atom is -0.497 e. The molecule has 1 N–H and O–H groups in total. The molecule has 1 aromatic heterocycles. The van der Waals surface area contributed by atoms with Gasteiger partial charge < -0.3 is 9.26 Å². The fourth-order valence-electron chi connectivity index (χ4n) is 4.86. The van der Waals surface area contributed by atoms with E-state index in [0.717, 1.165) is 61.4 Å². The molecular weight excluding hydrogens is 483 g/mol. The molecule has 204 valence electrons. The number of hydrogen-bond donors (Lipinski definition) is 1. The summed E-state index contributed by atoms with van der Waals surface area (Å²) in [5, 5.41) is 5.09. The zero-order valence-electron chi connectivity index (χ0n) is 22.4. The number of benzene rings is 2. The summed E-state index contributed by atoms with van der Waals surface area (Å²) in [4.78, 5) is 1.26. The Kier molecular flexibility index (Phi) is 12.7. The van der Waals surface area contributed by atoms with E-state index in [2.05, 4.69) is 56.3 Å². The van der Waals surface area contributed by atoms with Crippen molar-refractivity contribution in [3.05, 3.63) is 65.6 Å². The molecule has 0 spiro atoms. The number of ether oxygens (including phenoxy) is 1. The van der Waals surface area contributed by atoms with Gasteiger partial charge in [0.15, 0.2) is 5.58 Å². The Morgan fingerprint density at radius 3 is 2.41 bits per heavy atom. The highest BCUT2D eigenvalue weighted by atomic mass is 32.2. The molecule has 0 bridgehead atoms. The summed E-state index contributed by atoms with van der Waals surface area (Å²) < 4.78 is 27.0. The molecule has 1 saturated carbocycles. The summed E-state index contributed by atoms with van der Waals surface area (Å²) in [5.41, 5.74) is 4.32. The summed E-state index contributed by atoms with van der Waals surface area (Å²) in [7, 11) is 1.71. The number of rotatable bonds is 12. The minimum absolute atomic E-state index is 0. The number of methoxy groups -OCH3 is 1. The zero-order chi connectivity index (χ0) is 26.1. The Morgan fingerprint density at radius 2 is 1.81 bits per heavy atom. The summed E-state index contributed by atoms with van der Waals surface area (Å²) in [6.45, 7) is 13.9. The highest BCUT2D eigenvalue weighted by Gasteiger charge is 2.39. The van der Waals surface area contributed by atoms with Crippen LogP contribution in [0.25, 0.3) is 11.0 Å². The van der Waals surface area contributed by atoms with Crippen molar-refractivity contribution in [1.29, 1.82) is 0 Å². The van der Waals surface area contributed by atoms with E-state index >= 15 is 0 Å². The third-order valence-corrected chi connectivity index (χ3v) is 7.94. The van der Waals surface area contributed by atoms with E-state index in [1.54, 1.807) is 25.1 Å². The maximum absolute atomic E-state index is 13.1. The van der Waals surface area contributed by atoms with Crippen molar-refractivity contribution in [3.8, 4) is 5.75 Å². The van der Waals surface area contributed by atoms with E-state index in [-0.39, 0.29) is 13.2 Å². The average Bonchev–Trinajstić information content (AvgIpc) is 3.31. The Hall–Kier alpha value is -2.31. The van der Waals surface area contributed by atoms with E-state index in [4.69, 9.17) is 9.26 Å². The molecule has 4 nitrogen and oxygen atoms in total. The second kappa shape index (κ2) is 15.2. The molecule has 1 heterocycles. The first kappa shape index (κ1) is 30.9. The van der Waals surface area contributed by atoms with Gasteiger partial charge in [-0.05, 0) is 79.3 Å². The number of halogens is 1. The molecule has 2 unspecified atom stereocenters. The molecule has 37 heavy (non-hydrogen) atoms. The van der Waals surface area contributed by atoms with Crippen LogP contribution in [0.5, 0.6) is 5.75 Å². The monoisotopic (exact) mass is 528 g/mol. The fraction of sp³-hybridized carbons (Fsp3) is 0.516. The minimum atomic E-state index is -0.275. The lowest BCUT2D eigenvalue weighted by atomic mass is 9.93. The standard InChI is InChI=1S/C16H23NOS.C14H18FNO.CH4/c1-5-12-7-8-13(18-4)9-16(12)19-17-10-15-11(3)14(15)6-2;1-3-5-10(6-4-2)14-12-8-7-11(15)9-13(12)17-16-14;/h7-9,14-15,17H,3,5-6,10H2,1-2,4H3;7-10H,3-6H2,1-2H3;1H4. The van der Waals surface area contributed by atoms with E-state index in [0.29, 0.717) is 17.4 Å². The van der Waals surface area contributed by atoms with Crippen LogP contribution < -0.4 is 9.46 Å². The molecule has 4 rings (SSSR count). The molecule has 2 atom stereocenters. The molecular formula is C31H45FN2O2S. The van der Waals surface area contributed by atoms with E-state index in [9.17, 15) is 4.39 Å². The molecule has 6 heteroatoms. The molecule has 1 fully saturated rings. The number of nitrogens with one attached hydrogen (secondary N) is 1. The van der Waals surface area contributed by atoms with Crippen molar-refractivity contribution < 1.29 is 13.7 Å². The predicted octanol–water partition coefficient (Wildman–Crippen LogP) is 9.35. The average molecular weight is 529 g/mol. The molecule has 1 aliphatic carbocycles. The summed E-state index contributed by atoms with van der Waals surface area (Å²) in [6.07, 6.45) is 6.72. The summed E-state index contributed by atoms with van der Waals surface area (Å²) in [6, 6.07) is 10.9. The zero-order valence-corrected chi connectivity index (χ0v) is 23.2. The first-order valence-corrected chi connectivity index (χ1v) is 14.1. The number of aryl methyl sites for hydroxylation is 1. The third kappa shape index (κ3) is 8.08. The lowest BCUT2D eigenvalue weighted by molar-refractivity contribution is 0.413. The van der Waals surface area contributed by atoms with Crippen LogP contribution in [-0.2, 0) is 6.42 Å². The quantitative estimate of drug-likeness (QED) is 0.187. The fourth-order valence-corrected chi connectivity index (χ4v) is 5.80. The van der Waals surface area contributed by atoms with Gasteiger partial charge in [0, 0.05) is 28.8 Å². The van der Waals surface area contributed by atoms with Gasteiger partial charge in [-0.3, -0.25) is 4.72 Å². The number of fused-ring (bicyclic) bond motifs is 1. The topological polar surface area (TPSA) is 47.3 Å². The van der Waals surface area contributed by atoms with E-state index in [1.165, 1.54) is 34.6 Å². The molecule has 0 aliphatic heterocycles. The largest absolute Gasteiger partial charge is 0.497 e. The van der Waals surface area contributed by atoms with Crippen molar-refractivity contribution in [2.24, 2.45) is 11.8 Å². The van der Waals surface area contributed by atoms with Gasteiger partial charge in [-0.15, -0.1) is 0 Å². The lowest BCUT2D eigenvalue weighted by Gasteiger charge is -2.11. The Labute approximate surface area is 227 Å². The third-order valence-electron chi connectivity index (χ3n) is 7.03. The van der Waals surface area contributed by atoms with Crippen LogP contribution in [0.4, 0.5) is 4.39 Å². The molecule has 3 aromatic rings. The van der Waals surface area contributed by atoms with Crippen LogP contribution in [0, 0.1) is 17.7 Å². The van der Waals surface area contributed by atoms with Crippen LogP contribution in [0.15, 0.2) is 58.0 Å². The summed E-state index contributed by atoms with van der Waals surface area (Å²) in [5.74, 6) is 2.49. The second-order valence-corrected chi connectivity index (χ2v) is 10.4. The molecule has 0 radical (unpaired) electrons. The first-order valence-electron chi connectivity index (χ1n) is 13.3. The van der Waals surface area contributed by atoms with Gasteiger partial charge in [0.1, 0.15) is 11.6 Å². The maximum Gasteiger partial charge on any atom is 0.170 e. The molecule has 0 amide bonds. The van der Waals surface area contributed by atoms with Crippen molar-refractivity contribution in [1.82, 2.24) is 9.88 Å². The van der Waals surface area contributed by atoms with Gasteiger partial charge in [-0.25, -0.2) is 4.39 Å². The maximum atomic E-state index is 13.1. The predicted molar refractivity (Wildman–Crippen MR) is 156 cm³/mol. The Bertz CT molecular complexity index is 1120. The summed E-state index contributed by atoms with van der Waals surface area (Å²) >= 11 is 1.71. The van der Waals surface area contributed by atoms with Crippen molar-refractivity contribution >= 4 is 22.9 Å². The van der Waals surface area contributed by atoms with Gasteiger partial charge in [0.25, 0.3) is 0 Å². The molecule has 0 saturated heterocycles. The van der Waals surface area contributed by atoms with Gasteiger partial charge in [-0.1, -0.05) is 71.3 Å². The normalized spacial score (nSPS) is 16.4. The second-order valence-electron chi connectivity index (χ2n) is 9.46. The Balaban J connectivity index is 0.000000255. The lowest BCUT2D eigenvalue weighted by Crippen LogP contribution is -2.09. The van der Waals surface area contributed by atoms with Crippen molar-refractivity contribution in [2.75, 3.05) is 13.7 Å². The molecule has 2 aromatic carbocycles. The SMILES string of the molecule is C.C=C1C(CC)C1CNSc1cc(OC)ccc1CC.CCCC(CCC)c1noc2cc(F)ccc12. The Morgan fingerprint density at radius 1 is 1.08 bits per heavy atom. The van der Waals surface area contributed by atoms with Gasteiger partial charge in [-0.2, -0.15) is 0 Å². The van der Waals surface area contributed by atoms with Crippen molar-refractivity contribution in [3.63, 3.8) is 0 Å². The number of aromatic nitrogens is 1. The van der Waals surface area contributed by atoms with Crippen LogP contribution in [-0.4, -0.2) is 18.8 Å². The van der Waals surface area contributed by atoms with Gasteiger partial charge in [0.05, 0.1) is 12.8 Å².